The van der Waals surface area contributed by atoms with E-state index >= 15 is 0 Å². The monoisotopic (exact) mass is 230 g/mol. The maximum absolute atomic E-state index is 2.47. The predicted molar refractivity (Wildman–Crippen MR) is 61.4 cm³/mol. The molecule has 1 heteroatoms. The zero-order chi connectivity index (χ0) is 9.61. The third kappa shape index (κ3) is 3.79. The average Bonchev–Trinajstić information content (AvgIpc) is 2.08. The third-order valence-corrected chi connectivity index (χ3v) is 14.9. The van der Waals surface area contributed by atoms with Crippen LogP contribution in [-0.2, 0) is 0 Å². The van der Waals surface area contributed by atoms with Crippen LogP contribution in [0.3, 0.4) is 0 Å². The van der Waals surface area contributed by atoms with Gasteiger partial charge in [0, 0.05) is 0 Å². The Hall–Kier alpha value is 0.283. The molecule has 0 fully saturated rings. The van der Waals surface area contributed by atoms with Crippen LogP contribution in [0, 0.1) is 0 Å². The molecular formula is C11H24Ge. The SMILES string of the molecule is C[CH2][Ge]([CH2]C)([CH2]C)[CH2]C=C(C)C. The van der Waals surface area contributed by atoms with E-state index in [9.17, 15) is 0 Å². The molecule has 0 amide bonds. The topological polar surface area (TPSA) is 0 Å². The summed E-state index contributed by atoms with van der Waals surface area (Å²) in [5.74, 6) is 0. The van der Waals surface area contributed by atoms with Crippen molar-refractivity contribution in [3.8, 4) is 0 Å². The van der Waals surface area contributed by atoms with E-state index in [1.165, 1.54) is 26.6 Å². The van der Waals surface area contributed by atoms with E-state index in [1.54, 1.807) is 0 Å². The van der Waals surface area contributed by atoms with Crippen molar-refractivity contribution in [2.24, 2.45) is 0 Å². The Kier molecular flexibility index (Phi) is 5.99. The maximum atomic E-state index is 2.47. The summed E-state index contributed by atoms with van der Waals surface area (Å²) in [5, 5.41) is 5.94. The van der Waals surface area contributed by atoms with Gasteiger partial charge in [-0.05, 0) is 0 Å². The summed E-state index contributed by atoms with van der Waals surface area (Å²) < 4.78 is 0. The Labute approximate surface area is 80.8 Å². The van der Waals surface area contributed by atoms with E-state index < -0.39 is 13.3 Å². The number of hydrogen-bond acceptors (Lipinski definition) is 0. The molecule has 0 aromatic rings. The fraction of sp³-hybridized carbons (Fsp3) is 0.818. The zero-order valence-electron chi connectivity index (χ0n) is 9.41. The summed E-state index contributed by atoms with van der Waals surface area (Å²) >= 11 is -1.36. The van der Waals surface area contributed by atoms with E-state index in [-0.39, 0.29) is 0 Å². The Morgan fingerprint density at radius 1 is 1.00 bits per heavy atom. The van der Waals surface area contributed by atoms with Gasteiger partial charge in [0.15, 0.2) is 0 Å². The summed E-state index contributed by atoms with van der Waals surface area (Å²) in [6.45, 7) is 11.6. The molecule has 72 valence electrons. The molecule has 0 bridgehead atoms. The van der Waals surface area contributed by atoms with Crippen LogP contribution in [0.4, 0.5) is 0 Å². The van der Waals surface area contributed by atoms with Gasteiger partial charge in [0.2, 0.25) is 0 Å². The predicted octanol–water partition coefficient (Wildman–Crippen LogP) is 4.46. The average molecular weight is 229 g/mol. The Morgan fingerprint density at radius 3 is 1.67 bits per heavy atom. The molecule has 0 nitrogen and oxygen atoms in total. The molecule has 0 atom stereocenters. The fourth-order valence-electron chi connectivity index (χ4n) is 1.60. The van der Waals surface area contributed by atoms with Crippen LogP contribution in [0.5, 0.6) is 0 Å². The second-order valence-corrected chi connectivity index (χ2v) is 15.6. The van der Waals surface area contributed by atoms with Crippen molar-refractivity contribution in [1.82, 2.24) is 0 Å². The molecule has 0 aliphatic rings. The molecule has 0 spiro atoms. The van der Waals surface area contributed by atoms with Crippen LogP contribution in [0.15, 0.2) is 11.6 Å². The number of rotatable bonds is 5. The van der Waals surface area contributed by atoms with Crippen LogP contribution in [0.1, 0.15) is 34.6 Å². The standard InChI is InChI=1S/C11H24Ge/c1-6-12(7-2,8-3)10-9-11(4)5/h9H,6-8,10H2,1-5H3. The molecule has 0 heterocycles. The van der Waals surface area contributed by atoms with Crippen molar-refractivity contribution in [2.75, 3.05) is 0 Å². The van der Waals surface area contributed by atoms with Crippen molar-refractivity contribution in [3.05, 3.63) is 11.6 Å². The van der Waals surface area contributed by atoms with Crippen LogP contribution in [-0.4, -0.2) is 13.3 Å². The molecule has 12 heavy (non-hydrogen) atoms. The Morgan fingerprint density at radius 2 is 1.42 bits per heavy atom. The first-order valence-electron chi connectivity index (χ1n) is 5.23. The van der Waals surface area contributed by atoms with E-state index in [0.29, 0.717) is 0 Å². The Bertz CT molecular complexity index is 131. The van der Waals surface area contributed by atoms with Gasteiger partial charge in [-0.3, -0.25) is 0 Å². The van der Waals surface area contributed by atoms with Crippen LogP contribution >= 0.6 is 0 Å². The van der Waals surface area contributed by atoms with Crippen molar-refractivity contribution in [3.63, 3.8) is 0 Å². The van der Waals surface area contributed by atoms with Crippen molar-refractivity contribution < 1.29 is 0 Å². The van der Waals surface area contributed by atoms with Gasteiger partial charge in [0.05, 0.1) is 0 Å². The quantitative estimate of drug-likeness (QED) is 0.482. The first-order chi connectivity index (χ1) is 5.60. The van der Waals surface area contributed by atoms with Gasteiger partial charge in [-0.2, -0.15) is 0 Å². The molecule has 0 aliphatic carbocycles. The first-order valence-corrected chi connectivity index (χ1v) is 11.2. The number of allylic oxidation sites excluding steroid dienone is 2. The molecule has 0 rings (SSSR count). The van der Waals surface area contributed by atoms with Crippen molar-refractivity contribution in [1.29, 1.82) is 0 Å². The third-order valence-electron chi connectivity index (χ3n) is 3.19. The molecule has 0 unspecified atom stereocenters. The molecule has 0 aromatic heterocycles. The van der Waals surface area contributed by atoms with Gasteiger partial charge in [-0.15, -0.1) is 0 Å². The summed E-state index contributed by atoms with van der Waals surface area (Å²) in [6, 6.07) is 0. The van der Waals surface area contributed by atoms with E-state index in [4.69, 9.17) is 0 Å². The zero-order valence-corrected chi connectivity index (χ0v) is 11.5. The van der Waals surface area contributed by atoms with Gasteiger partial charge in [0.25, 0.3) is 0 Å². The minimum absolute atomic E-state index is 1.36. The summed E-state index contributed by atoms with van der Waals surface area (Å²) in [4.78, 5) is 0. The summed E-state index contributed by atoms with van der Waals surface area (Å²) in [6.07, 6.45) is 2.47. The Balaban J connectivity index is 4.20. The molecule has 0 N–H and O–H groups in total. The van der Waals surface area contributed by atoms with E-state index in [1.807, 2.05) is 0 Å². The van der Waals surface area contributed by atoms with Gasteiger partial charge >= 0.3 is 80.5 Å². The molecule has 0 saturated carbocycles. The first kappa shape index (κ1) is 12.3. The van der Waals surface area contributed by atoms with Gasteiger partial charge in [0.1, 0.15) is 0 Å². The van der Waals surface area contributed by atoms with E-state index in [0.717, 1.165) is 0 Å². The van der Waals surface area contributed by atoms with Gasteiger partial charge < -0.3 is 0 Å². The summed E-state index contributed by atoms with van der Waals surface area (Å²) in [5.41, 5.74) is 1.50. The minimum atomic E-state index is -1.36. The number of hydrogen-bond donors (Lipinski definition) is 0. The van der Waals surface area contributed by atoms with Crippen molar-refractivity contribution >= 4 is 13.3 Å². The van der Waals surface area contributed by atoms with E-state index in [2.05, 4.69) is 40.7 Å². The van der Waals surface area contributed by atoms with Gasteiger partial charge in [-0.1, -0.05) is 0 Å². The van der Waals surface area contributed by atoms with Crippen LogP contribution in [0.2, 0.25) is 21.0 Å². The van der Waals surface area contributed by atoms with Gasteiger partial charge in [-0.25, -0.2) is 0 Å². The van der Waals surface area contributed by atoms with Crippen LogP contribution < -0.4 is 0 Å². The van der Waals surface area contributed by atoms with Crippen LogP contribution in [0.25, 0.3) is 0 Å². The normalized spacial score (nSPS) is 11.4. The molecular weight excluding hydrogens is 205 g/mol. The fourth-order valence-corrected chi connectivity index (χ4v) is 8.33. The molecule has 0 aliphatic heterocycles. The second-order valence-electron chi connectivity index (χ2n) is 4.05. The molecule has 0 saturated heterocycles. The van der Waals surface area contributed by atoms with Crippen molar-refractivity contribution in [2.45, 2.75) is 55.6 Å². The molecule has 0 radical (unpaired) electrons. The summed E-state index contributed by atoms with van der Waals surface area (Å²) in [7, 11) is 0. The second kappa shape index (κ2) is 5.85. The molecule has 0 aromatic carbocycles.